The zero-order chi connectivity index (χ0) is 20.6. The Kier molecular flexibility index (Phi) is 7.21. The van der Waals surface area contributed by atoms with E-state index in [1.165, 1.54) is 11.1 Å². The molecule has 1 amide bonds. The molecule has 3 rings (SSSR count). The zero-order valence-electron chi connectivity index (χ0n) is 17.2. The van der Waals surface area contributed by atoms with Gasteiger partial charge < -0.3 is 10.6 Å². The number of amides is 1. The number of rotatable bonds is 7. The van der Waals surface area contributed by atoms with Gasteiger partial charge in [0.05, 0.1) is 12.0 Å². The molecule has 2 aromatic rings. The molecule has 4 heteroatoms. The van der Waals surface area contributed by atoms with Crippen molar-refractivity contribution in [1.29, 1.82) is 5.26 Å². The molecular weight excluding hydrogens is 358 g/mol. The molecule has 150 valence electrons. The Morgan fingerprint density at radius 3 is 2.55 bits per heavy atom. The van der Waals surface area contributed by atoms with Crippen LogP contribution in [0.4, 0.5) is 0 Å². The lowest BCUT2D eigenvalue weighted by atomic mass is 9.87. The molecule has 1 atom stereocenters. The third-order valence-electron chi connectivity index (χ3n) is 5.31. The molecule has 4 nitrogen and oxygen atoms in total. The Labute approximate surface area is 173 Å². The van der Waals surface area contributed by atoms with Gasteiger partial charge in [0.25, 0.3) is 0 Å². The second kappa shape index (κ2) is 10.0. The molecular formula is C25H29N3O. The van der Waals surface area contributed by atoms with Crippen LogP contribution in [-0.2, 0) is 4.79 Å². The number of carbonyl (C=O) groups is 1. The Balaban J connectivity index is 1.84. The molecule has 1 unspecified atom stereocenters. The van der Waals surface area contributed by atoms with Crippen molar-refractivity contribution >= 4 is 11.5 Å². The van der Waals surface area contributed by atoms with Crippen molar-refractivity contribution in [2.24, 2.45) is 5.92 Å². The fraction of sp³-hybridized carbons (Fsp3) is 0.360. The van der Waals surface area contributed by atoms with Crippen molar-refractivity contribution in [3.05, 3.63) is 65.7 Å². The van der Waals surface area contributed by atoms with E-state index in [2.05, 4.69) is 67.0 Å². The molecule has 0 aromatic heterocycles. The lowest BCUT2D eigenvalue weighted by Crippen LogP contribution is -2.30. The summed E-state index contributed by atoms with van der Waals surface area (Å²) in [4.78, 5) is 12.6. The van der Waals surface area contributed by atoms with Crippen LogP contribution in [0.15, 0.2) is 54.6 Å². The van der Waals surface area contributed by atoms with Crippen LogP contribution in [0.3, 0.4) is 0 Å². The topological polar surface area (TPSA) is 64.9 Å². The third kappa shape index (κ3) is 5.56. The van der Waals surface area contributed by atoms with Gasteiger partial charge in [-0.1, -0.05) is 68.5 Å². The Morgan fingerprint density at radius 2 is 1.90 bits per heavy atom. The maximum Gasteiger partial charge on any atom is 0.228 e. The molecule has 1 aliphatic heterocycles. The first kappa shape index (κ1) is 20.8. The Hall–Kier alpha value is -2.90. The minimum atomic E-state index is -0.248. The van der Waals surface area contributed by atoms with Gasteiger partial charge in [0.15, 0.2) is 0 Å². The molecule has 0 saturated heterocycles. The van der Waals surface area contributed by atoms with Crippen LogP contribution in [0, 0.1) is 17.2 Å². The first-order valence-electron chi connectivity index (χ1n) is 10.3. The molecule has 0 fully saturated rings. The molecule has 1 heterocycles. The van der Waals surface area contributed by atoms with Gasteiger partial charge >= 0.3 is 0 Å². The lowest BCUT2D eigenvalue weighted by Gasteiger charge is -2.19. The molecule has 0 aliphatic carbocycles. The lowest BCUT2D eigenvalue weighted by molar-refractivity contribution is -0.122. The fourth-order valence-electron chi connectivity index (χ4n) is 3.81. The van der Waals surface area contributed by atoms with Gasteiger partial charge in [-0.15, -0.1) is 0 Å². The molecule has 0 spiro atoms. The third-order valence-corrected chi connectivity index (χ3v) is 5.31. The van der Waals surface area contributed by atoms with Crippen LogP contribution in [-0.4, -0.2) is 25.5 Å². The molecule has 0 bridgehead atoms. The monoisotopic (exact) mass is 387 g/mol. The van der Waals surface area contributed by atoms with Crippen LogP contribution in [0.2, 0.25) is 0 Å². The highest BCUT2D eigenvalue weighted by atomic mass is 16.1. The Bertz CT molecular complexity index is 906. The van der Waals surface area contributed by atoms with E-state index in [1.54, 1.807) is 0 Å². The van der Waals surface area contributed by atoms with E-state index in [1.807, 2.05) is 18.2 Å². The number of nitriles is 1. The maximum absolute atomic E-state index is 12.6. The summed E-state index contributed by atoms with van der Waals surface area (Å²) in [5.41, 5.74) is 5.92. The van der Waals surface area contributed by atoms with Gasteiger partial charge in [-0.25, -0.2) is 0 Å². The number of nitrogens with zero attached hydrogens (tertiary/aromatic N) is 1. The number of benzene rings is 2. The number of hydrogen-bond donors (Lipinski definition) is 2. The summed E-state index contributed by atoms with van der Waals surface area (Å²) in [7, 11) is 0. The predicted molar refractivity (Wildman–Crippen MR) is 118 cm³/mol. The van der Waals surface area contributed by atoms with Crippen LogP contribution >= 0.6 is 0 Å². The fourth-order valence-corrected chi connectivity index (χ4v) is 3.81. The van der Waals surface area contributed by atoms with Gasteiger partial charge in [0.1, 0.15) is 6.54 Å². The van der Waals surface area contributed by atoms with Crippen molar-refractivity contribution in [2.75, 3.05) is 19.6 Å². The van der Waals surface area contributed by atoms with Crippen molar-refractivity contribution < 1.29 is 4.79 Å². The molecule has 2 aromatic carbocycles. The standard InChI is InChI=1S/C25H29N3O/c1-18(2)16-24(25(29)28-15-12-26)23-5-3-4-22(17-23)20-8-6-19(7-9-20)21-10-13-27-14-11-21/h3-10,17-18,24,27H,11,13-16H2,1-2H3,(H,28,29). The van der Waals surface area contributed by atoms with E-state index in [-0.39, 0.29) is 18.4 Å². The van der Waals surface area contributed by atoms with E-state index in [0.717, 1.165) is 42.6 Å². The van der Waals surface area contributed by atoms with Gasteiger partial charge in [-0.05, 0) is 53.1 Å². The summed E-state index contributed by atoms with van der Waals surface area (Å²) < 4.78 is 0. The average molecular weight is 388 g/mol. The first-order valence-corrected chi connectivity index (χ1v) is 10.3. The van der Waals surface area contributed by atoms with Gasteiger partial charge in [0.2, 0.25) is 5.91 Å². The second-order valence-corrected chi connectivity index (χ2v) is 7.94. The quantitative estimate of drug-likeness (QED) is 0.688. The van der Waals surface area contributed by atoms with E-state index in [0.29, 0.717) is 5.92 Å². The molecule has 29 heavy (non-hydrogen) atoms. The number of hydrogen-bond acceptors (Lipinski definition) is 3. The molecule has 0 radical (unpaired) electrons. The average Bonchev–Trinajstić information content (AvgIpc) is 2.76. The smallest absolute Gasteiger partial charge is 0.228 e. The number of nitrogens with one attached hydrogen (secondary N) is 2. The van der Waals surface area contributed by atoms with Gasteiger partial charge in [-0.2, -0.15) is 5.26 Å². The van der Waals surface area contributed by atoms with Crippen molar-refractivity contribution in [3.8, 4) is 17.2 Å². The highest BCUT2D eigenvalue weighted by molar-refractivity contribution is 5.84. The van der Waals surface area contributed by atoms with Crippen molar-refractivity contribution in [1.82, 2.24) is 10.6 Å². The van der Waals surface area contributed by atoms with Gasteiger partial charge in [-0.3, -0.25) is 4.79 Å². The summed E-state index contributed by atoms with van der Waals surface area (Å²) in [6, 6.07) is 18.9. The van der Waals surface area contributed by atoms with Crippen LogP contribution < -0.4 is 10.6 Å². The molecule has 0 saturated carbocycles. The minimum absolute atomic E-state index is 0.0416. The number of carbonyl (C=O) groups excluding carboxylic acids is 1. The van der Waals surface area contributed by atoms with Crippen molar-refractivity contribution in [3.63, 3.8) is 0 Å². The van der Waals surface area contributed by atoms with E-state index >= 15 is 0 Å². The summed E-state index contributed by atoms with van der Waals surface area (Å²) in [5.74, 6) is 0.0575. The summed E-state index contributed by atoms with van der Waals surface area (Å²) >= 11 is 0. The van der Waals surface area contributed by atoms with Crippen LogP contribution in [0.5, 0.6) is 0 Å². The molecule has 2 N–H and O–H groups in total. The second-order valence-electron chi connectivity index (χ2n) is 7.94. The highest BCUT2D eigenvalue weighted by Gasteiger charge is 2.22. The highest BCUT2D eigenvalue weighted by Crippen LogP contribution is 2.30. The van der Waals surface area contributed by atoms with Crippen molar-refractivity contribution in [2.45, 2.75) is 32.6 Å². The first-order chi connectivity index (χ1) is 14.1. The van der Waals surface area contributed by atoms with E-state index in [9.17, 15) is 4.79 Å². The maximum atomic E-state index is 12.6. The van der Waals surface area contributed by atoms with Gasteiger partial charge in [0, 0.05) is 6.54 Å². The van der Waals surface area contributed by atoms with Crippen LogP contribution in [0.1, 0.15) is 43.7 Å². The molecule has 1 aliphatic rings. The summed E-state index contributed by atoms with van der Waals surface area (Å²) in [6.45, 7) is 6.23. The largest absolute Gasteiger partial charge is 0.342 e. The van der Waals surface area contributed by atoms with E-state index in [4.69, 9.17) is 5.26 Å². The normalized spacial score (nSPS) is 14.8. The minimum Gasteiger partial charge on any atom is -0.342 e. The van der Waals surface area contributed by atoms with Crippen LogP contribution in [0.25, 0.3) is 16.7 Å². The predicted octanol–water partition coefficient (Wildman–Crippen LogP) is 4.50. The Morgan fingerprint density at radius 1 is 1.14 bits per heavy atom. The van der Waals surface area contributed by atoms with E-state index < -0.39 is 0 Å². The summed E-state index contributed by atoms with van der Waals surface area (Å²) in [6.07, 6.45) is 4.07. The SMILES string of the molecule is CC(C)CC(C(=O)NCC#N)c1cccc(-c2ccc(C3=CCNCC3)cc2)c1. The summed E-state index contributed by atoms with van der Waals surface area (Å²) in [5, 5.41) is 14.9. The zero-order valence-corrected chi connectivity index (χ0v) is 17.2.